The van der Waals surface area contributed by atoms with Crippen molar-refractivity contribution < 1.29 is 9.53 Å². The van der Waals surface area contributed by atoms with Gasteiger partial charge in [-0.25, -0.2) is 4.98 Å². The van der Waals surface area contributed by atoms with Crippen LogP contribution in [0.1, 0.15) is 44.4 Å². The molecule has 3 aromatic rings. The molecule has 3 heterocycles. The van der Waals surface area contributed by atoms with E-state index in [-0.39, 0.29) is 5.91 Å². The van der Waals surface area contributed by atoms with Crippen LogP contribution in [0.25, 0.3) is 10.1 Å². The quantitative estimate of drug-likeness (QED) is 0.515. The lowest BCUT2D eigenvalue weighted by Crippen LogP contribution is -2.40. The van der Waals surface area contributed by atoms with Gasteiger partial charge in [0.2, 0.25) is 0 Å². The van der Waals surface area contributed by atoms with Crippen LogP contribution in [0.15, 0.2) is 30.5 Å². The number of likely N-dealkylation sites (tertiary alicyclic amines) is 1. The number of rotatable bonds is 8. The first-order valence-electron chi connectivity index (χ1n) is 10.6. The summed E-state index contributed by atoms with van der Waals surface area (Å²) in [5.41, 5.74) is 1.20. The van der Waals surface area contributed by atoms with Crippen molar-refractivity contribution in [2.24, 2.45) is 0 Å². The lowest BCUT2D eigenvalue weighted by molar-refractivity contribution is 0.0939. The van der Waals surface area contributed by atoms with E-state index in [2.05, 4.69) is 40.3 Å². The van der Waals surface area contributed by atoms with E-state index >= 15 is 0 Å². The minimum Gasteiger partial charge on any atom is -0.383 e. The Kier molecular flexibility index (Phi) is 7.15. The number of hydrogen-bond donors (Lipinski definition) is 1. The molecule has 0 saturated carbocycles. The van der Waals surface area contributed by atoms with Crippen molar-refractivity contribution >= 4 is 38.7 Å². The molecule has 0 spiro atoms. The van der Waals surface area contributed by atoms with E-state index in [1.165, 1.54) is 39.8 Å². The molecule has 1 fully saturated rings. The van der Waals surface area contributed by atoms with Crippen LogP contribution < -0.4 is 5.32 Å². The molecule has 5 nitrogen and oxygen atoms in total. The Morgan fingerprint density at radius 2 is 2.17 bits per heavy atom. The third-order valence-electron chi connectivity index (χ3n) is 5.71. The number of thiophene rings is 1. The first-order chi connectivity index (χ1) is 14.7. The van der Waals surface area contributed by atoms with Gasteiger partial charge in [-0.05, 0) is 49.7 Å². The average molecular weight is 444 g/mol. The first-order valence-corrected chi connectivity index (χ1v) is 12.2. The molecule has 1 aliphatic heterocycles. The third kappa shape index (κ3) is 4.91. The highest BCUT2D eigenvalue weighted by Gasteiger charge is 2.27. The molecule has 160 valence electrons. The number of carbonyl (C=O) groups is 1. The maximum Gasteiger partial charge on any atom is 0.261 e. The van der Waals surface area contributed by atoms with E-state index in [9.17, 15) is 4.79 Å². The van der Waals surface area contributed by atoms with Crippen molar-refractivity contribution in [3.63, 3.8) is 0 Å². The number of fused-ring (bicyclic) bond motifs is 1. The second kappa shape index (κ2) is 10.0. The summed E-state index contributed by atoms with van der Waals surface area (Å²) in [7, 11) is 1.65. The van der Waals surface area contributed by atoms with Gasteiger partial charge in [-0.1, -0.05) is 24.6 Å². The molecule has 30 heavy (non-hydrogen) atoms. The van der Waals surface area contributed by atoms with E-state index in [0.717, 1.165) is 29.4 Å². The van der Waals surface area contributed by atoms with E-state index in [1.807, 2.05) is 12.3 Å². The van der Waals surface area contributed by atoms with Gasteiger partial charge in [-0.3, -0.25) is 9.69 Å². The Bertz CT molecular complexity index is 997. The number of nitrogens with zero attached hydrogens (tertiary/aromatic N) is 2. The summed E-state index contributed by atoms with van der Waals surface area (Å²) in [5, 5.41) is 5.36. The van der Waals surface area contributed by atoms with Crippen molar-refractivity contribution in [2.75, 3.05) is 26.8 Å². The summed E-state index contributed by atoms with van der Waals surface area (Å²) >= 11 is 3.39. The summed E-state index contributed by atoms with van der Waals surface area (Å²) in [4.78, 5) is 22.1. The van der Waals surface area contributed by atoms with E-state index in [1.54, 1.807) is 29.8 Å². The average Bonchev–Trinajstić information content (AvgIpc) is 3.33. The Hall–Kier alpha value is -1.80. The summed E-state index contributed by atoms with van der Waals surface area (Å²) in [6.07, 6.45) is 6.59. The highest BCUT2D eigenvalue weighted by molar-refractivity contribution is 7.21. The topological polar surface area (TPSA) is 54.5 Å². The zero-order valence-electron chi connectivity index (χ0n) is 17.6. The summed E-state index contributed by atoms with van der Waals surface area (Å²) < 4.78 is 6.27. The zero-order chi connectivity index (χ0) is 20.9. The Balaban J connectivity index is 1.59. The van der Waals surface area contributed by atoms with Crippen molar-refractivity contribution in [3.05, 3.63) is 50.8 Å². The molecule has 1 atom stereocenters. The van der Waals surface area contributed by atoms with Crippen LogP contribution in [-0.2, 0) is 17.7 Å². The Labute approximate surface area is 186 Å². The largest absolute Gasteiger partial charge is 0.383 e. The minimum atomic E-state index is 0.0173. The standard InChI is InChI=1S/C23H29N3O2S2/c1-16-25-14-18(29-16)15-26-11-6-5-7-17(26)13-20-19-8-3-4-9-21(19)30-22(20)23(27)24-10-12-28-2/h3-4,8-9,14,17H,5-7,10-13,15H2,1-2H3,(H,24,27)/t17-/m0/s1. The lowest BCUT2D eigenvalue weighted by Gasteiger charge is -2.35. The SMILES string of the molecule is COCCNC(=O)c1sc2ccccc2c1C[C@@H]1CCCCN1Cc1cnc(C)s1. The second-order valence-electron chi connectivity index (χ2n) is 7.82. The van der Waals surface area contributed by atoms with Crippen LogP contribution >= 0.6 is 22.7 Å². The number of ether oxygens (including phenoxy) is 1. The molecule has 1 saturated heterocycles. The molecule has 0 bridgehead atoms. The van der Waals surface area contributed by atoms with Gasteiger partial charge < -0.3 is 10.1 Å². The number of thiazole rings is 1. The molecule has 0 aliphatic carbocycles. The molecule has 2 aromatic heterocycles. The predicted molar refractivity (Wildman–Crippen MR) is 125 cm³/mol. The zero-order valence-corrected chi connectivity index (χ0v) is 19.3. The van der Waals surface area contributed by atoms with Gasteiger partial charge in [0.25, 0.3) is 5.91 Å². The molecular weight excluding hydrogens is 414 g/mol. The number of methoxy groups -OCH3 is 1. The Morgan fingerprint density at radius 3 is 2.97 bits per heavy atom. The summed E-state index contributed by atoms with van der Waals surface area (Å²) in [6.45, 7) is 5.18. The van der Waals surface area contributed by atoms with Gasteiger partial charge in [-0.15, -0.1) is 22.7 Å². The van der Waals surface area contributed by atoms with Crippen LogP contribution in [0.4, 0.5) is 0 Å². The fraction of sp³-hybridized carbons (Fsp3) is 0.478. The highest BCUT2D eigenvalue weighted by atomic mass is 32.1. The van der Waals surface area contributed by atoms with Crippen molar-refractivity contribution in [2.45, 2.75) is 45.2 Å². The van der Waals surface area contributed by atoms with Crippen LogP contribution in [-0.4, -0.2) is 48.6 Å². The number of aromatic nitrogens is 1. The molecular formula is C23H29N3O2S2. The summed E-state index contributed by atoms with van der Waals surface area (Å²) in [6, 6.07) is 8.85. The molecule has 0 radical (unpaired) electrons. The predicted octanol–water partition coefficient (Wildman–Crippen LogP) is 4.64. The van der Waals surface area contributed by atoms with Gasteiger partial charge in [0.1, 0.15) is 0 Å². The summed E-state index contributed by atoms with van der Waals surface area (Å²) in [5.74, 6) is 0.0173. The van der Waals surface area contributed by atoms with Crippen molar-refractivity contribution in [3.8, 4) is 0 Å². The molecule has 7 heteroatoms. The number of nitrogens with one attached hydrogen (secondary N) is 1. The second-order valence-corrected chi connectivity index (χ2v) is 10.2. The molecule has 1 N–H and O–H groups in total. The molecule has 1 aliphatic rings. The van der Waals surface area contributed by atoms with Crippen LogP contribution in [0.2, 0.25) is 0 Å². The van der Waals surface area contributed by atoms with Crippen LogP contribution in [0.3, 0.4) is 0 Å². The molecule has 1 aromatic carbocycles. The number of piperidine rings is 1. The van der Waals surface area contributed by atoms with Crippen LogP contribution in [0.5, 0.6) is 0 Å². The fourth-order valence-corrected chi connectivity index (χ4v) is 6.22. The smallest absolute Gasteiger partial charge is 0.261 e. The minimum absolute atomic E-state index is 0.0173. The molecule has 0 unspecified atom stereocenters. The number of amides is 1. The highest BCUT2D eigenvalue weighted by Crippen LogP contribution is 2.34. The van der Waals surface area contributed by atoms with Gasteiger partial charge in [-0.2, -0.15) is 0 Å². The van der Waals surface area contributed by atoms with Gasteiger partial charge in [0, 0.05) is 42.0 Å². The number of benzene rings is 1. The fourth-order valence-electron chi connectivity index (χ4n) is 4.25. The van der Waals surface area contributed by atoms with E-state index in [4.69, 9.17) is 4.74 Å². The number of aryl methyl sites for hydroxylation is 1. The maximum absolute atomic E-state index is 13.0. The van der Waals surface area contributed by atoms with E-state index in [0.29, 0.717) is 19.2 Å². The van der Waals surface area contributed by atoms with E-state index < -0.39 is 0 Å². The normalized spacial score (nSPS) is 17.5. The van der Waals surface area contributed by atoms with Crippen molar-refractivity contribution in [1.82, 2.24) is 15.2 Å². The number of hydrogen-bond acceptors (Lipinski definition) is 6. The monoisotopic (exact) mass is 443 g/mol. The van der Waals surface area contributed by atoms with Gasteiger partial charge >= 0.3 is 0 Å². The first kappa shape index (κ1) is 21.4. The van der Waals surface area contributed by atoms with Gasteiger partial charge in [0.05, 0.1) is 16.5 Å². The third-order valence-corrected chi connectivity index (χ3v) is 7.82. The number of carbonyl (C=O) groups excluding carboxylic acids is 1. The Morgan fingerprint density at radius 1 is 1.30 bits per heavy atom. The van der Waals surface area contributed by atoms with Crippen LogP contribution in [0, 0.1) is 6.92 Å². The van der Waals surface area contributed by atoms with Gasteiger partial charge in [0.15, 0.2) is 0 Å². The maximum atomic E-state index is 13.0. The molecule has 1 amide bonds. The molecule has 4 rings (SSSR count). The lowest BCUT2D eigenvalue weighted by atomic mass is 9.94. The van der Waals surface area contributed by atoms with Crippen molar-refractivity contribution in [1.29, 1.82) is 0 Å².